The number of hydrogen-bond donors (Lipinski definition) is 0. The first-order chi connectivity index (χ1) is 8.20. The first-order valence-electron chi connectivity index (χ1n) is 6.42. The van der Waals surface area contributed by atoms with Gasteiger partial charge in [-0.25, -0.2) is 0 Å². The summed E-state index contributed by atoms with van der Waals surface area (Å²) in [5, 5.41) is 0. The van der Waals surface area contributed by atoms with Gasteiger partial charge in [-0.3, -0.25) is 4.90 Å². The average Bonchev–Trinajstić information content (AvgIpc) is 2.31. The standard InChI is InChI=1S/C11H25NO4Si/c1-4-14-17(3,15-5-2)16-11-8-12-6-9-13-10-7-12/h4-11H2,1-3H3. The minimum Gasteiger partial charge on any atom is -0.379 e. The summed E-state index contributed by atoms with van der Waals surface area (Å²) < 4.78 is 22.3. The number of morpholine rings is 1. The van der Waals surface area contributed by atoms with Crippen molar-refractivity contribution in [3.63, 3.8) is 0 Å². The van der Waals surface area contributed by atoms with E-state index in [1.165, 1.54) is 0 Å². The molecule has 0 aromatic carbocycles. The lowest BCUT2D eigenvalue weighted by Gasteiger charge is -2.29. The van der Waals surface area contributed by atoms with Gasteiger partial charge >= 0.3 is 8.80 Å². The molecule has 0 bridgehead atoms. The molecule has 17 heavy (non-hydrogen) atoms. The summed E-state index contributed by atoms with van der Waals surface area (Å²) in [4.78, 5) is 2.34. The fourth-order valence-electron chi connectivity index (χ4n) is 1.83. The van der Waals surface area contributed by atoms with Gasteiger partial charge in [0.1, 0.15) is 0 Å². The van der Waals surface area contributed by atoms with Crippen molar-refractivity contribution in [1.82, 2.24) is 4.90 Å². The van der Waals surface area contributed by atoms with Crippen molar-refractivity contribution < 1.29 is 18.0 Å². The van der Waals surface area contributed by atoms with E-state index in [0.717, 1.165) is 32.8 Å². The summed E-state index contributed by atoms with van der Waals surface area (Å²) in [5.74, 6) is 0. The monoisotopic (exact) mass is 263 g/mol. The quantitative estimate of drug-likeness (QED) is 0.611. The van der Waals surface area contributed by atoms with E-state index in [4.69, 9.17) is 18.0 Å². The zero-order valence-corrected chi connectivity index (χ0v) is 12.2. The third-order valence-corrected chi connectivity index (χ3v) is 5.04. The lowest BCUT2D eigenvalue weighted by molar-refractivity contribution is 0.0202. The van der Waals surface area contributed by atoms with Crippen molar-refractivity contribution in [1.29, 1.82) is 0 Å². The molecule has 0 spiro atoms. The van der Waals surface area contributed by atoms with Crippen LogP contribution in [0.4, 0.5) is 0 Å². The van der Waals surface area contributed by atoms with Gasteiger partial charge in [0.05, 0.1) is 19.8 Å². The Morgan fingerprint density at radius 3 is 2.18 bits per heavy atom. The van der Waals surface area contributed by atoms with E-state index in [9.17, 15) is 0 Å². The van der Waals surface area contributed by atoms with Crippen LogP contribution in [-0.4, -0.2) is 66.4 Å². The maximum Gasteiger partial charge on any atom is 0.497 e. The van der Waals surface area contributed by atoms with Gasteiger partial charge in [0.25, 0.3) is 0 Å². The maximum absolute atomic E-state index is 5.83. The summed E-state index contributed by atoms with van der Waals surface area (Å²) >= 11 is 0. The Balaban J connectivity index is 2.21. The number of rotatable bonds is 8. The van der Waals surface area contributed by atoms with Gasteiger partial charge in [0.15, 0.2) is 0 Å². The minimum atomic E-state index is -2.39. The smallest absolute Gasteiger partial charge is 0.379 e. The van der Waals surface area contributed by atoms with Crippen LogP contribution in [0, 0.1) is 0 Å². The molecule has 1 rings (SSSR count). The van der Waals surface area contributed by atoms with Gasteiger partial charge in [-0.05, 0) is 13.8 Å². The molecule has 0 aliphatic carbocycles. The molecule has 6 heteroatoms. The predicted octanol–water partition coefficient (Wildman–Crippen LogP) is 0.977. The van der Waals surface area contributed by atoms with Crippen molar-refractivity contribution in [3.05, 3.63) is 0 Å². The van der Waals surface area contributed by atoms with Crippen LogP contribution in [0.3, 0.4) is 0 Å². The second kappa shape index (κ2) is 8.18. The molecule has 0 aromatic rings. The second-order valence-electron chi connectivity index (χ2n) is 4.03. The molecule has 1 saturated heterocycles. The van der Waals surface area contributed by atoms with Gasteiger partial charge in [0.2, 0.25) is 0 Å². The fourth-order valence-corrected chi connectivity index (χ4v) is 3.60. The van der Waals surface area contributed by atoms with Crippen LogP contribution in [-0.2, 0) is 18.0 Å². The molecule has 0 N–H and O–H groups in total. The molecular formula is C11H25NO4Si. The Hall–Kier alpha value is 0.0169. The molecular weight excluding hydrogens is 238 g/mol. The molecule has 1 fully saturated rings. The van der Waals surface area contributed by atoms with Crippen LogP contribution in [0.15, 0.2) is 0 Å². The molecule has 5 nitrogen and oxygen atoms in total. The second-order valence-corrected chi connectivity index (χ2v) is 6.62. The fraction of sp³-hybridized carbons (Fsp3) is 1.00. The third kappa shape index (κ3) is 5.94. The summed E-state index contributed by atoms with van der Waals surface area (Å²) in [6.07, 6.45) is 0. The third-order valence-electron chi connectivity index (χ3n) is 2.69. The highest BCUT2D eigenvalue weighted by molar-refractivity contribution is 6.59. The van der Waals surface area contributed by atoms with E-state index in [1.807, 2.05) is 20.4 Å². The first kappa shape index (κ1) is 15.1. The maximum atomic E-state index is 5.83. The van der Waals surface area contributed by atoms with Crippen molar-refractivity contribution in [3.8, 4) is 0 Å². The first-order valence-corrected chi connectivity index (χ1v) is 8.64. The largest absolute Gasteiger partial charge is 0.497 e. The molecule has 102 valence electrons. The number of ether oxygens (including phenoxy) is 1. The molecule has 0 unspecified atom stereocenters. The molecule has 0 saturated carbocycles. The van der Waals surface area contributed by atoms with Gasteiger partial charge in [0, 0.05) is 39.4 Å². The van der Waals surface area contributed by atoms with Crippen molar-refractivity contribution in [2.24, 2.45) is 0 Å². The van der Waals surface area contributed by atoms with Gasteiger partial charge in [-0.1, -0.05) is 0 Å². The Bertz CT molecular complexity index is 194. The van der Waals surface area contributed by atoms with Crippen LogP contribution in [0.2, 0.25) is 6.55 Å². The summed E-state index contributed by atoms with van der Waals surface area (Å²) in [6.45, 7) is 12.4. The number of hydrogen-bond acceptors (Lipinski definition) is 5. The molecule has 1 heterocycles. The Kier molecular flexibility index (Phi) is 7.25. The Morgan fingerprint density at radius 2 is 1.65 bits per heavy atom. The molecule has 0 radical (unpaired) electrons. The zero-order valence-electron chi connectivity index (χ0n) is 11.2. The molecule has 0 aromatic heterocycles. The van der Waals surface area contributed by atoms with Crippen LogP contribution in [0.25, 0.3) is 0 Å². The van der Waals surface area contributed by atoms with Crippen LogP contribution < -0.4 is 0 Å². The van der Waals surface area contributed by atoms with Crippen molar-refractivity contribution in [2.75, 3.05) is 52.7 Å². The van der Waals surface area contributed by atoms with Crippen molar-refractivity contribution >= 4 is 8.80 Å². The molecule has 1 aliphatic rings. The Labute approximate surface area is 105 Å². The van der Waals surface area contributed by atoms with Crippen LogP contribution in [0.5, 0.6) is 0 Å². The Morgan fingerprint density at radius 1 is 1.06 bits per heavy atom. The van der Waals surface area contributed by atoms with E-state index in [2.05, 4.69) is 4.90 Å². The van der Waals surface area contributed by atoms with E-state index in [1.54, 1.807) is 0 Å². The topological polar surface area (TPSA) is 40.2 Å². The van der Waals surface area contributed by atoms with E-state index >= 15 is 0 Å². The summed E-state index contributed by atoms with van der Waals surface area (Å²) in [7, 11) is -2.39. The van der Waals surface area contributed by atoms with E-state index in [0.29, 0.717) is 19.8 Å². The lowest BCUT2D eigenvalue weighted by atomic mass is 10.4. The normalized spacial score (nSPS) is 18.5. The highest BCUT2D eigenvalue weighted by Crippen LogP contribution is 2.09. The summed E-state index contributed by atoms with van der Waals surface area (Å²) in [5.41, 5.74) is 0. The number of nitrogens with zero attached hydrogens (tertiary/aromatic N) is 1. The van der Waals surface area contributed by atoms with Gasteiger partial charge in [-0.15, -0.1) is 0 Å². The lowest BCUT2D eigenvalue weighted by Crippen LogP contribution is -2.45. The highest BCUT2D eigenvalue weighted by Gasteiger charge is 2.33. The SMILES string of the molecule is CCO[Si](C)(OCC)OCCN1CCOCC1. The van der Waals surface area contributed by atoms with E-state index < -0.39 is 8.80 Å². The predicted molar refractivity (Wildman–Crippen MR) is 68.1 cm³/mol. The van der Waals surface area contributed by atoms with E-state index in [-0.39, 0.29) is 0 Å². The van der Waals surface area contributed by atoms with Gasteiger partial charge in [-0.2, -0.15) is 0 Å². The van der Waals surface area contributed by atoms with Crippen LogP contribution in [0.1, 0.15) is 13.8 Å². The molecule has 0 atom stereocenters. The molecule has 0 amide bonds. The molecule has 1 aliphatic heterocycles. The minimum absolute atomic E-state index is 0.639. The average molecular weight is 263 g/mol. The van der Waals surface area contributed by atoms with Gasteiger partial charge < -0.3 is 18.0 Å². The zero-order chi connectivity index (χ0) is 12.6. The highest BCUT2D eigenvalue weighted by atomic mass is 28.4. The summed E-state index contributed by atoms with van der Waals surface area (Å²) in [6, 6.07) is 0. The van der Waals surface area contributed by atoms with Crippen LogP contribution >= 0.6 is 0 Å². The van der Waals surface area contributed by atoms with Crippen molar-refractivity contribution in [2.45, 2.75) is 20.4 Å².